The van der Waals surface area contributed by atoms with Gasteiger partial charge < -0.3 is 5.73 Å². The molecule has 0 radical (unpaired) electrons. The molecule has 1 heterocycles. The van der Waals surface area contributed by atoms with E-state index in [1.165, 1.54) is 0 Å². The Morgan fingerprint density at radius 1 is 1.47 bits per heavy atom. The summed E-state index contributed by atoms with van der Waals surface area (Å²) in [5.74, 6) is 0. The molecule has 0 spiro atoms. The molecule has 1 aromatic carbocycles. The fraction of sp³-hybridized carbons (Fsp3) is 0.182. The second-order valence-corrected chi connectivity index (χ2v) is 4.50. The van der Waals surface area contributed by atoms with Crippen LogP contribution in [0.3, 0.4) is 0 Å². The van der Waals surface area contributed by atoms with Gasteiger partial charge in [0.05, 0.1) is 10.7 Å². The lowest BCUT2D eigenvalue weighted by molar-refractivity contribution is 1.07. The number of halogens is 1. The Balaban J connectivity index is 2.44. The fourth-order valence-electron chi connectivity index (χ4n) is 1.30. The summed E-state index contributed by atoms with van der Waals surface area (Å²) in [6, 6.07) is 5.51. The summed E-state index contributed by atoms with van der Waals surface area (Å²) in [7, 11) is 0. The minimum Gasteiger partial charge on any atom is -0.399 e. The van der Waals surface area contributed by atoms with Gasteiger partial charge in [-0.25, -0.2) is 4.98 Å². The lowest BCUT2D eigenvalue weighted by Gasteiger charge is -2.01. The van der Waals surface area contributed by atoms with Gasteiger partial charge in [-0.2, -0.15) is 0 Å². The number of aromatic nitrogens is 1. The molecule has 0 saturated heterocycles. The molecule has 15 heavy (non-hydrogen) atoms. The van der Waals surface area contributed by atoms with Gasteiger partial charge in [-0.15, -0.1) is 11.3 Å². The minimum atomic E-state index is 0.659. The molecule has 78 valence electrons. The smallest absolute Gasteiger partial charge is 0.125 e. The third-order valence-electron chi connectivity index (χ3n) is 2.14. The number of thiazole rings is 1. The van der Waals surface area contributed by atoms with Crippen LogP contribution in [0.4, 0.5) is 5.69 Å². The molecule has 0 unspecified atom stereocenters. The van der Waals surface area contributed by atoms with Gasteiger partial charge in [0.25, 0.3) is 0 Å². The van der Waals surface area contributed by atoms with Gasteiger partial charge >= 0.3 is 0 Å². The quantitative estimate of drug-likeness (QED) is 0.812. The first kappa shape index (κ1) is 10.5. The molecule has 2 N–H and O–H groups in total. The van der Waals surface area contributed by atoms with Crippen molar-refractivity contribution < 1.29 is 0 Å². The number of nitrogen functional groups attached to an aromatic ring is 1. The van der Waals surface area contributed by atoms with Crippen LogP contribution in [-0.4, -0.2) is 4.98 Å². The van der Waals surface area contributed by atoms with E-state index in [1.54, 1.807) is 17.4 Å². The second kappa shape index (κ2) is 4.21. The van der Waals surface area contributed by atoms with Gasteiger partial charge in [-0.1, -0.05) is 18.5 Å². The molecule has 1 aromatic heterocycles. The van der Waals surface area contributed by atoms with Crippen LogP contribution in [0.15, 0.2) is 23.6 Å². The summed E-state index contributed by atoms with van der Waals surface area (Å²) < 4.78 is 0. The van der Waals surface area contributed by atoms with Gasteiger partial charge in [0.2, 0.25) is 0 Å². The molecular formula is C11H11ClN2S. The molecule has 0 bridgehead atoms. The monoisotopic (exact) mass is 238 g/mol. The van der Waals surface area contributed by atoms with Gasteiger partial charge in [-0.05, 0) is 24.6 Å². The molecule has 0 atom stereocenters. The minimum absolute atomic E-state index is 0.659. The lowest BCUT2D eigenvalue weighted by atomic mass is 10.2. The van der Waals surface area contributed by atoms with E-state index in [2.05, 4.69) is 17.3 Å². The summed E-state index contributed by atoms with van der Waals surface area (Å²) in [5.41, 5.74) is 8.37. The van der Waals surface area contributed by atoms with E-state index in [1.807, 2.05) is 12.1 Å². The first-order valence-electron chi connectivity index (χ1n) is 4.70. The molecule has 0 amide bonds. The highest BCUT2D eigenvalue weighted by Crippen LogP contribution is 2.31. The van der Waals surface area contributed by atoms with Crippen molar-refractivity contribution in [3.05, 3.63) is 34.3 Å². The summed E-state index contributed by atoms with van der Waals surface area (Å²) in [5, 5.41) is 3.67. The third-order valence-corrected chi connectivity index (χ3v) is 3.37. The molecule has 2 aromatic rings. The molecule has 4 heteroatoms. The first-order chi connectivity index (χ1) is 7.20. The van der Waals surface area contributed by atoms with E-state index >= 15 is 0 Å². The summed E-state index contributed by atoms with van der Waals surface area (Å²) in [6.07, 6.45) is 0.948. The van der Waals surface area contributed by atoms with Crippen molar-refractivity contribution in [2.75, 3.05) is 5.73 Å². The number of nitrogens with zero attached hydrogens (tertiary/aromatic N) is 1. The van der Waals surface area contributed by atoms with E-state index in [0.717, 1.165) is 22.7 Å². The van der Waals surface area contributed by atoms with Crippen LogP contribution < -0.4 is 5.73 Å². The number of aryl methyl sites for hydroxylation is 1. The van der Waals surface area contributed by atoms with Crippen LogP contribution in [0, 0.1) is 0 Å². The maximum absolute atomic E-state index is 6.10. The third kappa shape index (κ3) is 2.13. The predicted molar refractivity (Wildman–Crippen MR) is 66.4 cm³/mol. The maximum Gasteiger partial charge on any atom is 0.125 e. The van der Waals surface area contributed by atoms with Crippen molar-refractivity contribution >= 4 is 28.6 Å². The molecule has 2 nitrogen and oxygen atoms in total. The van der Waals surface area contributed by atoms with Crippen molar-refractivity contribution in [1.29, 1.82) is 0 Å². The Morgan fingerprint density at radius 2 is 2.27 bits per heavy atom. The largest absolute Gasteiger partial charge is 0.399 e. The van der Waals surface area contributed by atoms with Gasteiger partial charge in [0, 0.05) is 16.6 Å². The Kier molecular flexibility index (Phi) is 2.93. The molecule has 2 rings (SSSR count). The Labute approximate surface area is 97.7 Å². The fourth-order valence-corrected chi connectivity index (χ4v) is 2.57. The topological polar surface area (TPSA) is 38.9 Å². The summed E-state index contributed by atoms with van der Waals surface area (Å²) >= 11 is 7.71. The predicted octanol–water partition coefficient (Wildman–Crippen LogP) is 3.61. The van der Waals surface area contributed by atoms with Gasteiger partial charge in [0.15, 0.2) is 0 Å². The highest BCUT2D eigenvalue weighted by molar-refractivity contribution is 7.13. The van der Waals surface area contributed by atoms with Crippen molar-refractivity contribution in [2.24, 2.45) is 0 Å². The average Bonchev–Trinajstić information content (AvgIpc) is 2.66. The summed E-state index contributed by atoms with van der Waals surface area (Å²) in [6.45, 7) is 2.09. The molecule has 0 fully saturated rings. The number of anilines is 1. The first-order valence-corrected chi connectivity index (χ1v) is 5.96. The van der Waals surface area contributed by atoms with Crippen LogP contribution in [0.5, 0.6) is 0 Å². The van der Waals surface area contributed by atoms with Crippen LogP contribution >= 0.6 is 22.9 Å². The second-order valence-electron chi connectivity index (χ2n) is 3.24. The Bertz CT molecular complexity index is 479. The zero-order chi connectivity index (χ0) is 10.8. The zero-order valence-electron chi connectivity index (χ0n) is 8.33. The highest BCUT2D eigenvalue weighted by atomic mass is 35.5. The molecule has 0 aliphatic carbocycles. The van der Waals surface area contributed by atoms with Crippen molar-refractivity contribution in [3.63, 3.8) is 0 Å². The zero-order valence-corrected chi connectivity index (χ0v) is 9.90. The number of hydrogen-bond acceptors (Lipinski definition) is 3. The van der Waals surface area contributed by atoms with Crippen molar-refractivity contribution in [3.8, 4) is 10.6 Å². The van der Waals surface area contributed by atoms with Gasteiger partial charge in [-0.3, -0.25) is 0 Å². The van der Waals surface area contributed by atoms with E-state index < -0.39 is 0 Å². The van der Waals surface area contributed by atoms with Crippen molar-refractivity contribution in [2.45, 2.75) is 13.3 Å². The highest BCUT2D eigenvalue weighted by Gasteiger charge is 2.07. The van der Waals surface area contributed by atoms with Gasteiger partial charge in [0.1, 0.15) is 5.01 Å². The SMILES string of the molecule is CCc1csc(-c2ccc(N)cc2Cl)n1. The molecule has 0 aliphatic heterocycles. The van der Waals surface area contributed by atoms with Crippen molar-refractivity contribution in [1.82, 2.24) is 4.98 Å². The van der Waals surface area contributed by atoms with E-state index in [4.69, 9.17) is 17.3 Å². The normalized spacial score (nSPS) is 10.5. The number of nitrogens with two attached hydrogens (primary N) is 1. The molecule has 0 aliphatic rings. The van der Waals surface area contributed by atoms with Crippen LogP contribution in [-0.2, 0) is 6.42 Å². The van der Waals surface area contributed by atoms with Crippen LogP contribution in [0.2, 0.25) is 5.02 Å². The standard InChI is InChI=1S/C11H11ClN2S/c1-2-8-6-15-11(14-8)9-4-3-7(13)5-10(9)12/h3-6H,2,13H2,1H3. The maximum atomic E-state index is 6.10. The lowest BCUT2D eigenvalue weighted by Crippen LogP contribution is -1.86. The molecular weight excluding hydrogens is 228 g/mol. The Hall–Kier alpha value is -1.06. The summed E-state index contributed by atoms with van der Waals surface area (Å²) in [4.78, 5) is 4.48. The van der Waals surface area contributed by atoms with E-state index in [-0.39, 0.29) is 0 Å². The van der Waals surface area contributed by atoms with Crippen LogP contribution in [0.1, 0.15) is 12.6 Å². The number of benzene rings is 1. The number of rotatable bonds is 2. The van der Waals surface area contributed by atoms with E-state index in [9.17, 15) is 0 Å². The van der Waals surface area contributed by atoms with Crippen LogP contribution in [0.25, 0.3) is 10.6 Å². The average molecular weight is 239 g/mol. The number of hydrogen-bond donors (Lipinski definition) is 1. The Morgan fingerprint density at radius 3 is 2.87 bits per heavy atom. The molecule has 0 saturated carbocycles. The van der Waals surface area contributed by atoms with E-state index in [0.29, 0.717) is 10.7 Å².